The summed E-state index contributed by atoms with van der Waals surface area (Å²) in [5.41, 5.74) is 5.93. The fourth-order valence-electron chi connectivity index (χ4n) is 2.22. The predicted octanol–water partition coefficient (Wildman–Crippen LogP) is 1.58. The third-order valence-electron chi connectivity index (χ3n) is 3.26. The van der Waals surface area contributed by atoms with E-state index >= 15 is 0 Å². The van der Waals surface area contributed by atoms with Crippen molar-refractivity contribution in [3.8, 4) is 0 Å². The van der Waals surface area contributed by atoms with Gasteiger partial charge in [-0.1, -0.05) is 11.6 Å². The molecule has 1 fully saturated rings. The van der Waals surface area contributed by atoms with Gasteiger partial charge in [0.2, 0.25) is 10.0 Å². The maximum Gasteiger partial charge on any atom is 0.243 e. The van der Waals surface area contributed by atoms with Crippen LogP contribution in [0.3, 0.4) is 0 Å². The Morgan fingerprint density at radius 1 is 1.53 bits per heavy atom. The number of sulfonamides is 1. The molecule has 1 atom stereocenters. The van der Waals surface area contributed by atoms with Crippen molar-refractivity contribution in [1.29, 1.82) is 0 Å². The molecule has 1 aliphatic heterocycles. The molecule has 2 rings (SSSR count). The van der Waals surface area contributed by atoms with Gasteiger partial charge in [0.05, 0.1) is 22.2 Å². The lowest BCUT2D eigenvalue weighted by Crippen LogP contribution is -2.29. The van der Waals surface area contributed by atoms with E-state index in [1.165, 1.54) is 22.5 Å². The Labute approximate surface area is 118 Å². The topological polar surface area (TPSA) is 72.6 Å². The van der Waals surface area contributed by atoms with Gasteiger partial charge in [-0.25, -0.2) is 8.42 Å². The summed E-state index contributed by atoms with van der Waals surface area (Å²) in [6.45, 7) is 1.58. The summed E-state index contributed by atoms with van der Waals surface area (Å²) in [5, 5.41) is 0.359. The van der Waals surface area contributed by atoms with Crippen molar-refractivity contribution in [3.63, 3.8) is 0 Å². The van der Waals surface area contributed by atoms with Crippen LogP contribution < -0.4 is 5.73 Å². The first-order chi connectivity index (χ1) is 8.95. The lowest BCUT2D eigenvalue weighted by molar-refractivity contribution is 0.157. The number of anilines is 1. The number of hydrogen-bond acceptors (Lipinski definition) is 4. The van der Waals surface area contributed by atoms with Crippen LogP contribution in [0.1, 0.15) is 6.42 Å². The number of halogens is 1. The van der Waals surface area contributed by atoms with Gasteiger partial charge in [0.25, 0.3) is 0 Å². The Hall–Kier alpha value is -0.820. The molecule has 0 aliphatic carbocycles. The average Bonchev–Trinajstić information content (AvgIpc) is 2.82. The van der Waals surface area contributed by atoms with E-state index in [1.54, 1.807) is 7.11 Å². The fraction of sp³-hybridized carbons (Fsp3) is 0.500. The molecule has 1 unspecified atom stereocenters. The quantitative estimate of drug-likeness (QED) is 0.857. The van der Waals surface area contributed by atoms with Gasteiger partial charge in [0.1, 0.15) is 0 Å². The van der Waals surface area contributed by atoms with Crippen molar-refractivity contribution < 1.29 is 13.2 Å². The maximum absolute atomic E-state index is 12.4. The smallest absolute Gasteiger partial charge is 0.243 e. The first-order valence-electron chi connectivity index (χ1n) is 5.99. The van der Waals surface area contributed by atoms with Gasteiger partial charge in [-0.3, -0.25) is 0 Å². The summed E-state index contributed by atoms with van der Waals surface area (Å²) in [6.07, 6.45) is 0.816. The van der Waals surface area contributed by atoms with Crippen LogP contribution in [0.25, 0.3) is 0 Å². The number of nitrogen functional groups attached to an aromatic ring is 1. The average molecular weight is 305 g/mol. The molecule has 0 radical (unpaired) electrons. The van der Waals surface area contributed by atoms with Gasteiger partial charge in [-0.15, -0.1) is 0 Å². The Morgan fingerprint density at radius 2 is 2.26 bits per heavy atom. The second-order valence-corrected chi connectivity index (χ2v) is 7.00. The summed E-state index contributed by atoms with van der Waals surface area (Å²) in [7, 11) is -1.87. The van der Waals surface area contributed by atoms with Crippen LogP contribution in [0.15, 0.2) is 23.1 Å². The molecule has 0 spiro atoms. The molecule has 1 aromatic rings. The Morgan fingerprint density at radius 3 is 2.89 bits per heavy atom. The predicted molar refractivity (Wildman–Crippen MR) is 74.6 cm³/mol. The van der Waals surface area contributed by atoms with Crippen LogP contribution in [-0.4, -0.2) is 39.5 Å². The molecule has 106 valence electrons. The molecule has 0 saturated carbocycles. The Balaban J connectivity index is 2.21. The van der Waals surface area contributed by atoms with Crippen LogP contribution in [0.4, 0.5) is 5.69 Å². The minimum Gasteiger partial charge on any atom is -0.397 e. The van der Waals surface area contributed by atoms with Crippen LogP contribution in [0, 0.1) is 5.92 Å². The van der Waals surface area contributed by atoms with Gasteiger partial charge in [-0.2, -0.15) is 4.31 Å². The van der Waals surface area contributed by atoms with E-state index in [9.17, 15) is 8.42 Å². The number of ether oxygens (including phenoxy) is 1. The minimum absolute atomic E-state index is 0.187. The van der Waals surface area contributed by atoms with Crippen LogP contribution in [0.5, 0.6) is 0 Å². The van der Waals surface area contributed by atoms with E-state index in [1.807, 2.05) is 0 Å². The zero-order valence-electron chi connectivity index (χ0n) is 10.7. The molecule has 1 heterocycles. The molecule has 1 aromatic carbocycles. The minimum atomic E-state index is -3.49. The molecule has 1 saturated heterocycles. The van der Waals surface area contributed by atoms with Crippen LogP contribution in [0.2, 0.25) is 5.02 Å². The summed E-state index contributed by atoms with van der Waals surface area (Å²) >= 11 is 5.80. The van der Waals surface area contributed by atoms with Crippen molar-refractivity contribution in [3.05, 3.63) is 23.2 Å². The molecule has 1 aliphatic rings. The standard InChI is InChI=1S/C12H17ClN2O3S/c1-18-8-9-4-5-15(7-9)19(16,17)10-2-3-11(13)12(14)6-10/h2-3,6,9H,4-5,7-8,14H2,1H3. The van der Waals surface area contributed by atoms with E-state index in [0.717, 1.165) is 6.42 Å². The third kappa shape index (κ3) is 3.02. The van der Waals surface area contributed by atoms with Crippen molar-refractivity contribution in [2.24, 2.45) is 5.92 Å². The SMILES string of the molecule is COCC1CCN(S(=O)(=O)c2ccc(Cl)c(N)c2)C1. The zero-order chi connectivity index (χ0) is 14.0. The molecule has 5 nitrogen and oxygen atoms in total. The Kier molecular flexibility index (Phi) is 4.35. The summed E-state index contributed by atoms with van der Waals surface area (Å²) in [4.78, 5) is 0.187. The summed E-state index contributed by atoms with van der Waals surface area (Å²) in [5.74, 6) is 0.254. The third-order valence-corrected chi connectivity index (χ3v) is 5.46. The van der Waals surface area contributed by atoms with Gasteiger partial charge in [0.15, 0.2) is 0 Å². The molecule has 7 heteroatoms. The highest BCUT2D eigenvalue weighted by molar-refractivity contribution is 7.89. The van der Waals surface area contributed by atoms with Gasteiger partial charge < -0.3 is 10.5 Å². The van der Waals surface area contributed by atoms with E-state index in [4.69, 9.17) is 22.1 Å². The van der Waals surface area contributed by atoms with Crippen molar-refractivity contribution in [2.45, 2.75) is 11.3 Å². The number of rotatable bonds is 4. The van der Waals surface area contributed by atoms with E-state index in [2.05, 4.69) is 0 Å². The second-order valence-electron chi connectivity index (χ2n) is 4.66. The van der Waals surface area contributed by atoms with Crippen molar-refractivity contribution in [1.82, 2.24) is 4.31 Å². The van der Waals surface area contributed by atoms with Crippen molar-refractivity contribution >= 4 is 27.3 Å². The normalized spacial score (nSPS) is 20.8. The molecule has 19 heavy (non-hydrogen) atoms. The lowest BCUT2D eigenvalue weighted by atomic mass is 10.1. The number of benzene rings is 1. The monoisotopic (exact) mass is 304 g/mol. The van der Waals surface area contributed by atoms with Gasteiger partial charge in [-0.05, 0) is 30.5 Å². The number of methoxy groups -OCH3 is 1. The largest absolute Gasteiger partial charge is 0.397 e. The molecule has 0 bridgehead atoms. The zero-order valence-corrected chi connectivity index (χ0v) is 12.2. The molecular weight excluding hydrogens is 288 g/mol. The fourth-order valence-corrected chi connectivity index (χ4v) is 3.90. The summed E-state index contributed by atoms with van der Waals surface area (Å²) < 4.78 is 31.4. The first kappa shape index (κ1) is 14.6. The molecule has 0 aromatic heterocycles. The number of nitrogens with zero attached hydrogens (tertiary/aromatic N) is 1. The lowest BCUT2D eigenvalue weighted by Gasteiger charge is -2.17. The van der Waals surface area contributed by atoms with Gasteiger partial charge >= 0.3 is 0 Å². The van der Waals surface area contributed by atoms with E-state index in [-0.39, 0.29) is 16.5 Å². The van der Waals surface area contributed by atoms with Crippen molar-refractivity contribution in [2.75, 3.05) is 32.5 Å². The second kappa shape index (κ2) is 5.66. The number of nitrogens with two attached hydrogens (primary N) is 1. The molecule has 0 amide bonds. The highest BCUT2D eigenvalue weighted by atomic mass is 35.5. The molecule has 2 N–H and O–H groups in total. The molecular formula is C12H17ClN2O3S. The number of hydrogen-bond donors (Lipinski definition) is 1. The summed E-state index contributed by atoms with van der Waals surface area (Å²) in [6, 6.07) is 4.39. The van der Waals surface area contributed by atoms with Gasteiger partial charge in [0, 0.05) is 20.2 Å². The highest BCUT2D eigenvalue weighted by Gasteiger charge is 2.32. The van der Waals surface area contributed by atoms with E-state index in [0.29, 0.717) is 24.7 Å². The van der Waals surface area contributed by atoms with Crippen LogP contribution >= 0.6 is 11.6 Å². The van der Waals surface area contributed by atoms with E-state index < -0.39 is 10.0 Å². The van der Waals surface area contributed by atoms with Crippen LogP contribution in [-0.2, 0) is 14.8 Å². The highest BCUT2D eigenvalue weighted by Crippen LogP contribution is 2.28. The first-order valence-corrected chi connectivity index (χ1v) is 7.81. The maximum atomic E-state index is 12.4. The Bertz CT molecular complexity index is 562.